The van der Waals surface area contributed by atoms with Crippen molar-refractivity contribution in [2.75, 3.05) is 25.4 Å². The van der Waals surface area contributed by atoms with Gasteiger partial charge < -0.3 is 20.7 Å². The van der Waals surface area contributed by atoms with Crippen LogP contribution in [0.15, 0.2) is 54.4 Å². The Kier molecular flexibility index (Phi) is 8.57. The molecule has 9 heteroatoms. The molecule has 3 rings (SSSR count). The van der Waals surface area contributed by atoms with Gasteiger partial charge in [0.2, 0.25) is 0 Å². The van der Waals surface area contributed by atoms with Crippen LogP contribution in [-0.2, 0) is 0 Å². The van der Waals surface area contributed by atoms with Crippen molar-refractivity contribution in [2.45, 2.75) is 33.1 Å². The summed E-state index contributed by atoms with van der Waals surface area (Å²) in [5.74, 6) is -4.28. The summed E-state index contributed by atoms with van der Waals surface area (Å²) in [6.45, 7) is 9.05. The number of nitrogen functional groups attached to an aromatic ring is 1. The molecule has 35 heavy (non-hydrogen) atoms. The van der Waals surface area contributed by atoms with Crippen LogP contribution >= 0.6 is 0 Å². The molecule has 0 unspecified atom stereocenters. The van der Waals surface area contributed by atoms with Crippen LogP contribution in [0.3, 0.4) is 0 Å². The average Bonchev–Trinajstić information content (AvgIpc) is 2.84. The van der Waals surface area contributed by atoms with Gasteiger partial charge in [-0.15, -0.1) is 0 Å². The number of hydrogen-bond donors (Lipinski definition) is 2. The molecule has 0 saturated carbocycles. The second kappa shape index (κ2) is 11.6. The Labute approximate surface area is 203 Å². The first kappa shape index (κ1) is 25.9. The SMILES string of the molecule is C=C/C(NC(=O)c1nc(-c2c(F)ccc(OCC)c2F)c(F)cc1N)=C(\C=C/C)N1CCCCC1. The zero-order valence-electron chi connectivity index (χ0n) is 19.8. The van der Waals surface area contributed by atoms with E-state index in [1.165, 1.54) is 6.08 Å². The van der Waals surface area contributed by atoms with Gasteiger partial charge in [0.15, 0.2) is 23.1 Å². The molecule has 1 saturated heterocycles. The van der Waals surface area contributed by atoms with Crippen LogP contribution in [0.4, 0.5) is 18.9 Å². The summed E-state index contributed by atoms with van der Waals surface area (Å²) in [4.78, 5) is 19.2. The summed E-state index contributed by atoms with van der Waals surface area (Å²) in [6.07, 6.45) is 8.37. The lowest BCUT2D eigenvalue weighted by molar-refractivity contribution is 0.0961. The van der Waals surface area contributed by atoms with E-state index in [9.17, 15) is 18.0 Å². The standard InChI is InChI=1S/C26H29F3N4O2/c1-4-10-20(33-13-8-7-9-14-33)19(5-2)31-26(34)25-18(30)15-17(28)24(32-25)22-16(27)11-12-21(23(22)29)35-6-3/h4-5,10-12,15H,2,6-9,13-14,30H2,1,3H3,(H,31,34)/b10-4-,20-19-. The molecular weight excluding hydrogens is 457 g/mol. The van der Waals surface area contributed by atoms with Gasteiger partial charge >= 0.3 is 0 Å². The van der Waals surface area contributed by atoms with E-state index in [4.69, 9.17) is 10.5 Å². The van der Waals surface area contributed by atoms with Crippen molar-refractivity contribution in [1.82, 2.24) is 15.2 Å². The normalized spacial score (nSPS) is 14.6. The minimum atomic E-state index is -1.12. The van der Waals surface area contributed by atoms with E-state index in [1.54, 1.807) is 6.92 Å². The Morgan fingerprint density at radius 2 is 1.94 bits per heavy atom. The number of halogens is 3. The molecule has 0 spiro atoms. The van der Waals surface area contributed by atoms with Crippen LogP contribution < -0.4 is 15.8 Å². The maximum Gasteiger partial charge on any atom is 0.276 e. The van der Waals surface area contributed by atoms with Crippen LogP contribution in [0.5, 0.6) is 5.75 Å². The Bertz CT molecular complexity index is 1170. The van der Waals surface area contributed by atoms with E-state index in [-0.39, 0.29) is 23.7 Å². The zero-order chi connectivity index (χ0) is 25.5. The summed E-state index contributed by atoms with van der Waals surface area (Å²) < 4.78 is 49.4. The molecule has 3 N–H and O–H groups in total. The minimum absolute atomic E-state index is 0.121. The number of carbonyl (C=O) groups is 1. The van der Waals surface area contributed by atoms with Gasteiger partial charge in [-0.25, -0.2) is 18.2 Å². The molecule has 1 aromatic carbocycles. The molecule has 186 valence electrons. The van der Waals surface area contributed by atoms with Crippen molar-refractivity contribution in [3.05, 3.63) is 77.5 Å². The maximum atomic E-state index is 14.9. The number of benzene rings is 1. The number of nitrogens with two attached hydrogens (primary N) is 1. The first-order valence-electron chi connectivity index (χ1n) is 11.4. The molecule has 0 bridgehead atoms. The van der Waals surface area contributed by atoms with E-state index >= 15 is 0 Å². The van der Waals surface area contributed by atoms with Crippen LogP contribution in [0, 0.1) is 17.5 Å². The van der Waals surface area contributed by atoms with Gasteiger partial charge in [0, 0.05) is 19.2 Å². The molecule has 1 amide bonds. The third kappa shape index (κ3) is 5.67. The average molecular weight is 487 g/mol. The number of nitrogens with zero attached hydrogens (tertiary/aromatic N) is 2. The highest BCUT2D eigenvalue weighted by atomic mass is 19.1. The number of likely N-dealkylation sites (tertiary alicyclic amines) is 1. The van der Waals surface area contributed by atoms with E-state index in [0.29, 0.717) is 5.70 Å². The Morgan fingerprint density at radius 3 is 2.57 bits per heavy atom. The van der Waals surface area contributed by atoms with Crippen LogP contribution in [-0.4, -0.2) is 35.5 Å². The number of amides is 1. The summed E-state index contributed by atoms with van der Waals surface area (Å²) in [7, 11) is 0. The second-order valence-electron chi connectivity index (χ2n) is 7.93. The fraction of sp³-hybridized carbons (Fsp3) is 0.308. The van der Waals surface area contributed by atoms with Crippen LogP contribution in [0.2, 0.25) is 0 Å². The van der Waals surface area contributed by atoms with Gasteiger partial charge in [-0.2, -0.15) is 0 Å². The molecule has 0 atom stereocenters. The number of ether oxygens (including phenoxy) is 1. The molecule has 0 aliphatic carbocycles. The number of pyridine rings is 1. The largest absolute Gasteiger partial charge is 0.491 e. The fourth-order valence-electron chi connectivity index (χ4n) is 3.94. The number of carbonyl (C=O) groups excluding carboxylic acids is 1. The molecule has 2 heterocycles. The number of anilines is 1. The number of aromatic nitrogens is 1. The van der Waals surface area contributed by atoms with Crippen molar-refractivity contribution in [3.63, 3.8) is 0 Å². The predicted molar refractivity (Wildman–Crippen MR) is 130 cm³/mol. The van der Waals surface area contributed by atoms with E-state index in [0.717, 1.165) is 56.2 Å². The first-order valence-corrected chi connectivity index (χ1v) is 11.4. The summed E-state index contributed by atoms with van der Waals surface area (Å²) >= 11 is 0. The van der Waals surface area contributed by atoms with E-state index in [2.05, 4.69) is 21.8 Å². The Morgan fingerprint density at radius 1 is 1.23 bits per heavy atom. The zero-order valence-corrected chi connectivity index (χ0v) is 19.8. The molecule has 1 aliphatic rings. The topological polar surface area (TPSA) is 80.5 Å². The van der Waals surface area contributed by atoms with Gasteiger partial charge in [0.25, 0.3) is 5.91 Å². The quantitative estimate of drug-likeness (QED) is 0.493. The van der Waals surface area contributed by atoms with Crippen LogP contribution in [0.1, 0.15) is 43.6 Å². The lowest BCUT2D eigenvalue weighted by atomic mass is 10.1. The van der Waals surface area contributed by atoms with Crippen molar-refractivity contribution in [1.29, 1.82) is 0 Å². The summed E-state index contributed by atoms with van der Waals surface area (Å²) in [6, 6.07) is 2.87. The molecule has 1 fully saturated rings. The highest BCUT2D eigenvalue weighted by Crippen LogP contribution is 2.33. The van der Waals surface area contributed by atoms with Gasteiger partial charge in [-0.05, 0) is 57.4 Å². The monoisotopic (exact) mass is 486 g/mol. The highest BCUT2D eigenvalue weighted by molar-refractivity contribution is 5.99. The van der Waals surface area contributed by atoms with Crippen molar-refractivity contribution >= 4 is 11.6 Å². The minimum Gasteiger partial charge on any atom is -0.491 e. The summed E-state index contributed by atoms with van der Waals surface area (Å²) in [5, 5.41) is 2.72. The molecular formula is C26H29F3N4O2. The number of allylic oxidation sites excluding steroid dienone is 3. The maximum absolute atomic E-state index is 14.9. The fourth-order valence-corrected chi connectivity index (χ4v) is 3.94. The van der Waals surface area contributed by atoms with E-state index < -0.39 is 34.6 Å². The smallest absolute Gasteiger partial charge is 0.276 e. The molecule has 2 aromatic rings. The predicted octanol–water partition coefficient (Wildman–Crippen LogP) is 5.34. The number of hydrogen-bond acceptors (Lipinski definition) is 5. The Balaban J connectivity index is 2.05. The second-order valence-corrected chi connectivity index (χ2v) is 7.93. The highest BCUT2D eigenvalue weighted by Gasteiger charge is 2.25. The third-order valence-electron chi connectivity index (χ3n) is 5.56. The van der Waals surface area contributed by atoms with Gasteiger partial charge in [0.1, 0.15) is 11.5 Å². The number of piperidine rings is 1. The third-order valence-corrected chi connectivity index (χ3v) is 5.56. The molecule has 6 nitrogen and oxygen atoms in total. The first-order chi connectivity index (χ1) is 16.8. The summed E-state index contributed by atoms with van der Waals surface area (Å²) in [5.41, 5.74) is 4.97. The lowest BCUT2D eigenvalue weighted by Crippen LogP contribution is -2.33. The number of nitrogens with one attached hydrogen (secondary N) is 1. The van der Waals surface area contributed by atoms with Gasteiger partial charge in [-0.3, -0.25) is 4.79 Å². The van der Waals surface area contributed by atoms with E-state index in [1.807, 2.05) is 19.1 Å². The Hall–Kier alpha value is -3.75. The van der Waals surface area contributed by atoms with Gasteiger partial charge in [0.05, 0.1) is 29.3 Å². The molecule has 1 aromatic heterocycles. The van der Waals surface area contributed by atoms with Crippen molar-refractivity contribution < 1.29 is 22.7 Å². The van der Waals surface area contributed by atoms with Gasteiger partial charge in [-0.1, -0.05) is 12.7 Å². The lowest BCUT2D eigenvalue weighted by Gasteiger charge is -2.31. The van der Waals surface area contributed by atoms with Crippen LogP contribution in [0.25, 0.3) is 11.3 Å². The van der Waals surface area contributed by atoms with Crippen molar-refractivity contribution in [3.8, 4) is 17.0 Å². The van der Waals surface area contributed by atoms with Crippen molar-refractivity contribution in [2.24, 2.45) is 0 Å². The number of rotatable bonds is 8. The molecule has 1 aliphatic heterocycles. The molecule has 0 radical (unpaired) electrons.